The molecular formula is C51H85N3O16. The second kappa shape index (κ2) is 25.4. The molecule has 0 spiro atoms. The zero-order chi connectivity index (χ0) is 52.5. The zero-order valence-electron chi connectivity index (χ0n) is 44.2. The maximum atomic E-state index is 14.5. The van der Waals surface area contributed by atoms with Gasteiger partial charge in [-0.2, -0.15) is 0 Å². The van der Waals surface area contributed by atoms with Crippen molar-refractivity contribution < 1.29 is 77.1 Å². The van der Waals surface area contributed by atoms with Crippen LogP contribution in [0.15, 0.2) is 24.3 Å². The first-order valence-corrected chi connectivity index (χ1v) is 24.8. The van der Waals surface area contributed by atoms with Gasteiger partial charge in [-0.3, -0.25) is 14.4 Å². The molecule has 3 aliphatic heterocycles. The number of hydrogen-bond donors (Lipinski definition) is 5. The lowest BCUT2D eigenvalue weighted by Gasteiger charge is -2.50. The van der Waals surface area contributed by atoms with Crippen molar-refractivity contribution in [2.45, 2.75) is 199 Å². The van der Waals surface area contributed by atoms with Gasteiger partial charge in [0.05, 0.1) is 49.1 Å². The number of hydrogen-bond acceptors (Lipinski definition) is 17. The van der Waals surface area contributed by atoms with Gasteiger partial charge < -0.3 is 73.5 Å². The maximum absolute atomic E-state index is 14.5. The van der Waals surface area contributed by atoms with Crippen molar-refractivity contribution in [2.75, 3.05) is 42.0 Å². The summed E-state index contributed by atoms with van der Waals surface area (Å²) in [4.78, 5) is 56.4. The van der Waals surface area contributed by atoms with Crippen LogP contribution in [0.3, 0.4) is 0 Å². The maximum Gasteiger partial charge on any atom is 0.407 e. The van der Waals surface area contributed by atoms with Gasteiger partial charge in [-0.15, -0.1) is 0 Å². The van der Waals surface area contributed by atoms with Crippen molar-refractivity contribution in [3.8, 4) is 5.75 Å². The Kier molecular flexibility index (Phi) is 21.5. The van der Waals surface area contributed by atoms with Crippen LogP contribution in [0.2, 0.25) is 0 Å². The fourth-order valence-electron chi connectivity index (χ4n) is 10.4. The summed E-state index contributed by atoms with van der Waals surface area (Å²) in [5.74, 6) is -4.27. The molecule has 0 aliphatic carbocycles. The number of ether oxygens (including phenoxy) is 9. The molecular weight excluding hydrogens is 911 g/mol. The molecule has 3 saturated heterocycles. The largest absolute Gasteiger partial charge is 0.497 e. The van der Waals surface area contributed by atoms with E-state index in [9.17, 15) is 34.5 Å². The van der Waals surface area contributed by atoms with Gasteiger partial charge in [0.25, 0.3) is 0 Å². The number of nitrogens with zero attached hydrogens (tertiary/aromatic N) is 1. The number of carbonyl (C=O) groups is 4. The number of methoxy groups -OCH3 is 3. The number of rotatable bonds is 16. The van der Waals surface area contributed by atoms with Gasteiger partial charge in [-0.1, -0.05) is 39.8 Å². The first-order chi connectivity index (χ1) is 32.8. The number of carbonyl (C=O) groups excluding carboxylic acids is 4. The van der Waals surface area contributed by atoms with Crippen LogP contribution >= 0.6 is 0 Å². The summed E-state index contributed by atoms with van der Waals surface area (Å²) in [5, 5.41) is 40.7. The normalized spacial score (nSPS) is 39.1. The molecule has 0 aromatic heterocycles. The summed E-state index contributed by atoms with van der Waals surface area (Å²) >= 11 is 0. The lowest BCUT2D eigenvalue weighted by atomic mass is 9.74. The third-order valence-electron chi connectivity index (χ3n) is 15.0. The van der Waals surface area contributed by atoms with E-state index in [0.29, 0.717) is 19.4 Å². The van der Waals surface area contributed by atoms with Crippen LogP contribution in [0.5, 0.6) is 5.75 Å². The number of nitrogens with one attached hydrogen (secondary N) is 2. The summed E-state index contributed by atoms with van der Waals surface area (Å²) < 4.78 is 56.1. The minimum atomic E-state index is -2.02. The minimum Gasteiger partial charge on any atom is -0.497 e. The monoisotopic (exact) mass is 996 g/mol. The molecule has 70 heavy (non-hydrogen) atoms. The average Bonchev–Trinajstić information content (AvgIpc) is 3.32. The van der Waals surface area contributed by atoms with Crippen LogP contribution < -0.4 is 15.4 Å². The van der Waals surface area contributed by atoms with Gasteiger partial charge in [-0.05, 0) is 99.0 Å². The summed E-state index contributed by atoms with van der Waals surface area (Å²) in [5.41, 5.74) is -3.61. The molecule has 0 saturated carbocycles. The Hall–Kier alpha value is -3.50. The third kappa shape index (κ3) is 14.4. The van der Waals surface area contributed by atoms with Gasteiger partial charge in [0, 0.05) is 63.9 Å². The lowest BCUT2D eigenvalue weighted by molar-refractivity contribution is -0.319. The van der Waals surface area contributed by atoms with Crippen LogP contribution in [-0.4, -0.2) is 170 Å². The lowest BCUT2D eigenvalue weighted by Crippen LogP contribution is -2.62. The van der Waals surface area contributed by atoms with Gasteiger partial charge in [0.1, 0.15) is 34.9 Å². The highest BCUT2D eigenvalue weighted by molar-refractivity contribution is 5.83. The summed E-state index contributed by atoms with van der Waals surface area (Å²) in [7, 11) is 8.29. The van der Waals surface area contributed by atoms with Crippen molar-refractivity contribution in [2.24, 2.45) is 23.7 Å². The van der Waals surface area contributed by atoms with Crippen molar-refractivity contribution >= 4 is 23.8 Å². The van der Waals surface area contributed by atoms with Crippen LogP contribution in [-0.2, 0) is 58.8 Å². The number of aliphatic hydroxyl groups excluding tert-OH is 2. The highest BCUT2D eigenvalue weighted by Gasteiger charge is 2.55. The van der Waals surface area contributed by atoms with Crippen molar-refractivity contribution in [3.63, 3.8) is 0 Å². The molecule has 19 heteroatoms. The highest BCUT2D eigenvalue weighted by Crippen LogP contribution is 2.42. The number of benzene rings is 1. The Labute approximate surface area is 415 Å². The average molecular weight is 996 g/mol. The zero-order valence-corrected chi connectivity index (χ0v) is 44.2. The van der Waals surface area contributed by atoms with Crippen LogP contribution in [0.25, 0.3) is 0 Å². The smallest absolute Gasteiger partial charge is 0.407 e. The van der Waals surface area contributed by atoms with Gasteiger partial charge in [0.15, 0.2) is 18.7 Å². The van der Waals surface area contributed by atoms with E-state index in [2.05, 4.69) is 10.6 Å². The molecule has 0 bridgehead atoms. The van der Waals surface area contributed by atoms with Crippen molar-refractivity contribution in [1.82, 2.24) is 15.5 Å². The molecule has 2 amide bonds. The number of aliphatic hydroxyl groups is 3. The van der Waals surface area contributed by atoms with Crippen molar-refractivity contribution in [3.05, 3.63) is 29.8 Å². The van der Waals surface area contributed by atoms with Gasteiger partial charge >= 0.3 is 12.1 Å². The topological polar surface area (TPSA) is 239 Å². The second-order valence-electron chi connectivity index (χ2n) is 20.7. The number of amides is 2. The molecule has 0 unspecified atom stereocenters. The predicted molar refractivity (Wildman–Crippen MR) is 257 cm³/mol. The molecule has 3 heterocycles. The summed E-state index contributed by atoms with van der Waals surface area (Å²) in [6, 6.07) is 7.04. The number of cyclic esters (lactones) is 1. The molecule has 5 N–H and O–H groups in total. The number of Topliss-reactive ketones (excluding diaryl/α,β-unsaturated/α-hetero) is 1. The molecule has 3 fully saturated rings. The summed E-state index contributed by atoms with van der Waals surface area (Å²) in [6.45, 7) is 17.4. The minimum absolute atomic E-state index is 0.0204. The Morgan fingerprint density at radius 1 is 0.857 bits per heavy atom. The predicted octanol–water partition coefficient (Wildman–Crippen LogP) is 4.28. The third-order valence-corrected chi connectivity index (χ3v) is 15.0. The number of alkyl carbamates (subject to hydrolysis) is 1. The molecule has 3 aliphatic rings. The van der Waals surface area contributed by atoms with Crippen LogP contribution in [0.1, 0.15) is 113 Å². The summed E-state index contributed by atoms with van der Waals surface area (Å²) in [6.07, 6.45) is -9.84. The van der Waals surface area contributed by atoms with Gasteiger partial charge in [0.2, 0.25) is 5.91 Å². The molecule has 1 aromatic carbocycles. The van der Waals surface area contributed by atoms with E-state index >= 15 is 0 Å². The Morgan fingerprint density at radius 2 is 1.49 bits per heavy atom. The number of ketones is 1. The standard InChI is InChI=1S/C51H85N3O16/c1-16-37-51(10,61)43(58)30(4)40(56)28(2)25-49(8,63-14)44(69-47-41(57)36(54(11)12)24-29(3)65-47)31(5)42(32(6)46(59)67-37)68-39-26-50(9,64-15)45(33(7)66-39)70-48(60)52-23-17-18-38(55)53-27-34-19-21-35(62-13)22-20-34/h19-22,28-33,36-37,39,41-45,47,57-58,61H,16-18,23-27H2,1-15H3,(H,52,60)(H,53,55)/t28-,29-,30+,31+,32-,33+,36+,37-,39+,41-,42+,43-,44-,45+,47+,49-,50-,51-/m1/s1. The number of esters is 1. The van der Waals surface area contributed by atoms with E-state index in [4.69, 9.17) is 42.6 Å². The first kappa shape index (κ1) is 59.1. The van der Waals surface area contributed by atoms with E-state index < -0.39 is 108 Å². The van der Waals surface area contributed by atoms with E-state index in [1.54, 1.807) is 48.7 Å². The SMILES string of the molecule is CC[C@H]1OC(=O)[C@H](C)[C@@H](O[C@H]2C[C@@](C)(OC)[C@@H](OC(=O)NCCCC(=O)NCc3ccc(OC)cc3)[C@H](C)O2)[C@H](C)[C@@H](O[C@@H]2O[C@H](C)C[C@H](N(C)C)[C@H]2O)[C@](C)(OC)C[C@@H](C)C(=O)[C@H](C)[C@@H](O)[C@]1(C)O. The second-order valence-corrected chi connectivity index (χ2v) is 20.7. The van der Waals surface area contributed by atoms with Crippen molar-refractivity contribution in [1.29, 1.82) is 0 Å². The fraction of sp³-hybridized carbons (Fsp3) is 0.804. The van der Waals surface area contributed by atoms with E-state index in [0.717, 1.165) is 11.3 Å². The molecule has 18 atom stereocenters. The fourth-order valence-corrected chi connectivity index (χ4v) is 10.4. The molecule has 19 nitrogen and oxygen atoms in total. The molecule has 1 aromatic rings. The molecule has 4 rings (SSSR count). The first-order valence-electron chi connectivity index (χ1n) is 24.8. The van der Waals surface area contributed by atoms with E-state index in [1.807, 2.05) is 57.1 Å². The molecule has 400 valence electrons. The van der Waals surface area contributed by atoms with Gasteiger partial charge in [-0.25, -0.2) is 4.79 Å². The van der Waals surface area contributed by atoms with E-state index in [1.165, 1.54) is 28.1 Å². The van der Waals surface area contributed by atoms with Crippen LogP contribution in [0, 0.1) is 23.7 Å². The van der Waals surface area contributed by atoms with Crippen LogP contribution in [0.4, 0.5) is 4.79 Å². The van der Waals surface area contributed by atoms with E-state index in [-0.39, 0.29) is 56.1 Å². The Morgan fingerprint density at radius 3 is 2.07 bits per heavy atom. The Balaban J connectivity index is 1.61. The highest BCUT2D eigenvalue weighted by atomic mass is 16.7. The molecule has 0 radical (unpaired) electrons. The quantitative estimate of drug-likeness (QED) is 0.115. The number of likely N-dealkylation sites (N-methyl/N-ethyl adjacent to an activating group) is 1. The Bertz CT molecular complexity index is 1850.